The Labute approximate surface area is 98.1 Å². The van der Waals surface area contributed by atoms with Gasteiger partial charge < -0.3 is 5.73 Å². The van der Waals surface area contributed by atoms with Crippen molar-refractivity contribution in [2.24, 2.45) is 0 Å². The summed E-state index contributed by atoms with van der Waals surface area (Å²) in [6, 6.07) is 4.00. The zero-order valence-electron chi connectivity index (χ0n) is 9.59. The van der Waals surface area contributed by atoms with Crippen LogP contribution in [-0.4, -0.2) is 4.98 Å². The number of aromatic nitrogens is 1. The van der Waals surface area contributed by atoms with Crippen molar-refractivity contribution >= 4 is 5.69 Å². The van der Waals surface area contributed by atoms with Crippen molar-refractivity contribution in [1.29, 1.82) is 0 Å². The number of pyridine rings is 1. The summed E-state index contributed by atoms with van der Waals surface area (Å²) in [5, 5.41) is 0. The predicted molar refractivity (Wildman–Crippen MR) is 63.5 cm³/mol. The van der Waals surface area contributed by atoms with Gasteiger partial charge in [0, 0.05) is 11.8 Å². The van der Waals surface area contributed by atoms with E-state index in [2.05, 4.69) is 4.98 Å². The predicted octanol–water partition coefficient (Wildman–Crippen LogP) is 3.23. The molecule has 2 N–H and O–H groups in total. The Hall–Kier alpha value is -1.97. The van der Waals surface area contributed by atoms with E-state index in [4.69, 9.17) is 5.73 Å². The highest BCUT2D eigenvalue weighted by atomic mass is 19.1. The Morgan fingerprint density at radius 1 is 1.06 bits per heavy atom. The highest BCUT2D eigenvalue weighted by molar-refractivity contribution is 5.75. The lowest BCUT2D eigenvalue weighted by atomic mass is 10.0. The van der Waals surface area contributed by atoms with Crippen LogP contribution >= 0.6 is 0 Å². The average Bonchev–Trinajstić information content (AvgIpc) is 2.28. The van der Waals surface area contributed by atoms with E-state index in [0.29, 0.717) is 5.69 Å². The lowest BCUT2D eigenvalue weighted by Crippen LogP contribution is -1.99. The van der Waals surface area contributed by atoms with Crippen molar-refractivity contribution < 1.29 is 8.78 Å². The van der Waals surface area contributed by atoms with E-state index in [0.717, 1.165) is 17.7 Å². The average molecular weight is 234 g/mol. The number of nitrogen functional groups attached to an aromatic ring is 1. The summed E-state index contributed by atoms with van der Waals surface area (Å²) >= 11 is 0. The van der Waals surface area contributed by atoms with Crippen LogP contribution in [0.5, 0.6) is 0 Å². The van der Waals surface area contributed by atoms with Crippen molar-refractivity contribution in [3.05, 3.63) is 47.2 Å². The van der Waals surface area contributed by atoms with Gasteiger partial charge in [0.25, 0.3) is 0 Å². The molecule has 0 amide bonds. The fourth-order valence-corrected chi connectivity index (χ4v) is 1.61. The normalized spacial score (nSPS) is 10.6. The maximum atomic E-state index is 13.8. The molecule has 4 heteroatoms. The summed E-state index contributed by atoms with van der Waals surface area (Å²) in [6.45, 7) is 3.30. The van der Waals surface area contributed by atoms with E-state index in [-0.39, 0.29) is 16.8 Å². The molecule has 0 saturated carbocycles. The molecule has 0 bridgehead atoms. The van der Waals surface area contributed by atoms with Crippen molar-refractivity contribution in [1.82, 2.24) is 4.98 Å². The summed E-state index contributed by atoms with van der Waals surface area (Å²) < 4.78 is 27.2. The van der Waals surface area contributed by atoms with Gasteiger partial charge in [0.1, 0.15) is 11.6 Å². The Balaban J connectivity index is 2.69. The highest BCUT2D eigenvalue weighted by Crippen LogP contribution is 2.29. The monoisotopic (exact) mass is 234 g/mol. The standard InChI is InChI=1S/C13H12F2N2/c1-7-3-4-17-13(12(7)16)9-6-10(14)8(2)5-11(9)15/h3-6H,16H2,1-2H3. The van der Waals surface area contributed by atoms with Gasteiger partial charge in [0.2, 0.25) is 0 Å². The summed E-state index contributed by atoms with van der Waals surface area (Å²) in [6.07, 6.45) is 1.53. The van der Waals surface area contributed by atoms with Crippen LogP contribution in [0.25, 0.3) is 11.3 Å². The number of nitrogens with two attached hydrogens (primary N) is 1. The first kappa shape index (κ1) is 11.5. The van der Waals surface area contributed by atoms with Gasteiger partial charge in [0.05, 0.1) is 11.4 Å². The van der Waals surface area contributed by atoms with Gasteiger partial charge in [-0.05, 0) is 43.2 Å². The molecule has 1 aromatic carbocycles. The van der Waals surface area contributed by atoms with E-state index in [1.54, 1.807) is 13.0 Å². The van der Waals surface area contributed by atoms with E-state index >= 15 is 0 Å². The molecule has 0 fully saturated rings. The molecule has 17 heavy (non-hydrogen) atoms. The van der Waals surface area contributed by atoms with Gasteiger partial charge >= 0.3 is 0 Å². The maximum Gasteiger partial charge on any atom is 0.133 e. The molecule has 88 valence electrons. The SMILES string of the molecule is Cc1cc(F)c(-c2nccc(C)c2N)cc1F. The molecule has 2 rings (SSSR count). The second-order valence-electron chi connectivity index (χ2n) is 3.97. The molecule has 2 aromatic rings. The summed E-state index contributed by atoms with van der Waals surface area (Å²) in [5.41, 5.74) is 7.61. The first-order valence-corrected chi connectivity index (χ1v) is 5.18. The van der Waals surface area contributed by atoms with Crippen LogP contribution in [0.3, 0.4) is 0 Å². The smallest absolute Gasteiger partial charge is 0.133 e. The quantitative estimate of drug-likeness (QED) is 0.822. The molecule has 0 aliphatic heterocycles. The molecule has 0 aliphatic rings. The van der Waals surface area contributed by atoms with E-state index in [1.807, 2.05) is 0 Å². The van der Waals surface area contributed by atoms with E-state index in [1.165, 1.54) is 13.1 Å². The van der Waals surface area contributed by atoms with E-state index in [9.17, 15) is 8.78 Å². The van der Waals surface area contributed by atoms with Gasteiger partial charge in [0.15, 0.2) is 0 Å². The van der Waals surface area contributed by atoms with Crippen molar-refractivity contribution in [2.75, 3.05) is 5.73 Å². The second kappa shape index (κ2) is 4.13. The van der Waals surface area contributed by atoms with Crippen LogP contribution in [-0.2, 0) is 0 Å². The van der Waals surface area contributed by atoms with Crippen LogP contribution in [0, 0.1) is 25.5 Å². The number of halogens is 2. The molecule has 0 saturated heterocycles. The number of hydrogen-bond acceptors (Lipinski definition) is 2. The molecule has 0 spiro atoms. The van der Waals surface area contributed by atoms with E-state index < -0.39 is 11.6 Å². The van der Waals surface area contributed by atoms with Gasteiger partial charge in [-0.25, -0.2) is 8.78 Å². The Morgan fingerprint density at radius 2 is 1.76 bits per heavy atom. The maximum absolute atomic E-state index is 13.8. The molecule has 1 aromatic heterocycles. The third kappa shape index (κ3) is 1.98. The van der Waals surface area contributed by atoms with Crippen molar-refractivity contribution in [3.8, 4) is 11.3 Å². The first-order valence-electron chi connectivity index (χ1n) is 5.18. The van der Waals surface area contributed by atoms with Crippen molar-refractivity contribution in [3.63, 3.8) is 0 Å². The van der Waals surface area contributed by atoms with Gasteiger partial charge in [-0.15, -0.1) is 0 Å². The lowest BCUT2D eigenvalue weighted by Gasteiger charge is -2.09. The minimum absolute atomic E-state index is 0.0919. The van der Waals surface area contributed by atoms with Crippen LogP contribution in [0.1, 0.15) is 11.1 Å². The number of hydrogen-bond donors (Lipinski definition) is 1. The fraction of sp³-hybridized carbons (Fsp3) is 0.154. The van der Waals surface area contributed by atoms with Crippen LogP contribution in [0.15, 0.2) is 24.4 Å². The number of rotatable bonds is 1. The molecular formula is C13H12F2N2. The zero-order valence-corrected chi connectivity index (χ0v) is 9.59. The summed E-state index contributed by atoms with van der Waals surface area (Å²) in [5.74, 6) is -0.988. The number of benzene rings is 1. The lowest BCUT2D eigenvalue weighted by molar-refractivity contribution is 0.595. The second-order valence-corrected chi connectivity index (χ2v) is 3.97. The minimum atomic E-state index is -0.520. The van der Waals surface area contributed by atoms with Gasteiger partial charge in [-0.3, -0.25) is 4.98 Å². The molecule has 0 radical (unpaired) electrons. The molecule has 0 aliphatic carbocycles. The third-order valence-corrected chi connectivity index (χ3v) is 2.71. The Kier molecular flexibility index (Phi) is 2.79. The molecular weight excluding hydrogens is 222 g/mol. The largest absolute Gasteiger partial charge is 0.397 e. The Bertz CT molecular complexity index is 580. The van der Waals surface area contributed by atoms with Gasteiger partial charge in [-0.1, -0.05) is 0 Å². The molecule has 0 unspecified atom stereocenters. The molecule has 0 atom stereocenters. The molecule has 1 heterocycles. The van der Waals surface area contributed by atoms with Crippen LogP contribution < -0.4 is 5.73 Å². The third-order valence-electron chi connectivity index (χ3n) is 2.71. The zero-order chi connectivity index (χ0) is 12.6. The topological polar surface area (TPSA) is 38.9 Å². The number of aryl methyl sites for hydroxylation is 2. The summed E-state index contributed by atoms with van der Waals surface area (Å²) in [4.78, 5) is 4.01. The Morgan fingerprint density at radius 3 is 2.47 bits per heavy atom. The van der Waals surface area contributed by atoms with Crippen LogP contribution in [0.4, 0.5) is 14.5 Å². The van der Waals surface area contributed by atoms with Gasteiger partial charge in [-0.2, -0.15) is 0 Å². The minimum Gasteiger partial charge on any atom is -0.397 e. The van der Waals surface area contributed by atoms with Crippen molar-refractivity contribution in [2.45, 2.75) is 13.8 Å². The highest BCUT2D eigenvalue weighted by Gasteiger charge is 2.13. The first-order chi connectivity index (χ1) is 8.00. The van der Waals surface area contributed by atoms with Crippen LogP contribution in [0.2, 0.25) is 0 Å². The fourth-order valence-electron chi connectivity index (χ4n) is 1.61. The number of nitrogens with zero attached hydrogens (tertiary/aromatic N) is 1. The summed E-state index contributed by atoms with van der Waals surface area (Å²) in [7, 11) is 0. The molecule has 2 nitrogen and oxygen atoms in total. The number of anilines is 1.